The fourth-order valence-electron chi connectivity index (χ4n) is 4.54. The van der Waals surface area contributed by atoms with Gasteiger partial charge in [-0.2, -0.15) is 13.1 Å². The van der Waals surface area contributed by atoms with Crippen molar-refractivity contribution in [1.82, 2.24) is 13.1 Å². The number of aryl methyl sites for hydroxylation is 1. The normalized spacial score (nSPS) is 17.4. The van der Waals surface area contributed by atoms with E-state index in [-0.39, 0.29) is 30.8 Å². The molecule has 34 heavy (non-hydrogen) atoms. The van der Waals surface area contributed by atoms with E-state index in [0.29, 0.717) is 30.0 Å². The first-order valence-corrected chi connectivity index (χ1v) is 13.1. The quantitative estimate of drug-likeness (QED) is 0.525. The molecule has 1 amide bonds. The van der Waals surface area contributed by atoms with E-state index in [4.69, 9.17) is 9.47 Å². The monoisotopic (exact) mass is 500 g/mol. The number of hydrogen-bond acceptors (Lipinski definition) is 8. The Bertz CT molecular complexity index is 1320. The molecule has 0 atom stereocenters. The summed E-state index contributed by atoms with van der Waals surface area (Å²) in [5.41, 5.74) is 3.67. The summed E-state index contributed by atoms with van der Waals surface area (Å²) in [6.07, 6.45) is 0.482. The number of rotatable bonds is 5. The van der Waals surface area contributed by atoms with Crippen LogP contribution in [0.1, 0.15) is 24.0 Å². The number of hydrogen-bond donors (Lipinski definition) is 0. The summed E-state index contributed by atoms with van der Waals surface area (Å²) in [7, 11) is -2.27. The van der Waals surface area contributed by atoms with Crippen LogP contribution < -0.4 is 9.64 Å². The SMILES string of the molecule is COc1cccc2c1N(C1CCN(S(=O)(=O)c3nsnc3-c3cccc(C)c3)CC1)C(=O)OC2. The lowest BCUT2D eigenvalue weighted by atomic mass is 10.0. The van der Waals surface area contributed by atoms with Crippen molar-refractivity contribution in [1.29, 1.82) is 0 Å². The molecule has 3 aromatic rings. The lowest BCUT2D eigenvalue weighted by Gasteiger charge is -2.40. The maximum absolute atomic E-state index is 13.5. The van der Waals surface area contributed by atoms with Gasteiger partial charge in [0.05, 0.1) is 24.5 Å². The molecule has 1 fully saturated rings. The van der Waals surface area contributed by atoms with Crippen LogP contribution in [0.3, 0.4) is 0 Å². The number of cyclic esters (lactones) is 1. The van der Waals surface area contributed by atoms with Crippen LogP contribution in [0, 0.1) is 6.92 Å². The van der Waals surface area contributed by atoms with E-state index in [1.807, 2.05) is 49.4 Å². The molecule has 2 aliphatic rings. The highest BCUT2D eigenvalue weighted by molar-refractivity contribution is 7.89. The Morgan fingerprint density at radius 3 is 2.62 bits per heavy atom. The molecule has 9 nitrogen and oxygen atoms in total. The molecular formula is C23H24N4O5S2. The Morgan fingerprint density at radius 2 is 1.88 bits per heavy atom. The van der Waals surface area contributed by atoms with Crippen molar-refractivity contribution in [2.24, 2.45) is 0 Å². The number of amides is 1. The molecule has 0 saturated carbocycles. The number of para-hydroxylation sites is 1. The highest BCUT2D eigenvalue weighted by Gasteiger charge is 2.39. The van der Waals surface area contributed by atoms with Gasteiger partial charge in [0.25, 0.3) is 10.0 Å². The molecule has 2 aliphatic heterocycles. The van der Waals surface area contributed by atoms with Crippen LogP contribution in [-0.4, -0.2) is 53.8 Å². The summed E-state index contributed by atoms with van der Waals surface area (Å²) in [4.78, 5) is 14.3. The maximum atomic E-state index is 13.5. The number of aromatic nitrogens is 2. The van der Waals surface area contributed by atoms with Gasteiger partial charge in [0.1, 0.15) is 18.1 Å². The minimum absolute atomic E-state index is 0.0223. The molecule has 0 unspecified atom stereocenters. The molecule has 1 aromatic heterocycles. The van der Waals surface area contributed by atoms with Crippen molar-refractivity contribution in [2.75, 3.05) is 25.1 Å². The molecule has 0 spiro atoms. The molecule has 2 aromatic carbocycles. The third-order valence-electron chi connectivity index (χ3n) is 6.21. The smallest absolute Gasteiger partial charge is 0.415 e. The van der Waals surface area contributed by atoms with Crippen LogP contribution in [0.2, 0.25) is 0 Å². The summed E-state index contributed by atoms with van der Waals surface area (Å²) in [6, 6.07) is 12.9. The van der Waals surface area contributed by atoms with Gasteiger partial charge in [0, 0.05) is 30.3 Å². The first kappa shape index (κ1) is 22.8. The first-order valence-electron chi connectivity index (χ1n) is 10.9. The zero-order valence-electron chi connectivity index (χ0n) is 18.8. The van der Waals surface area contributed by atoms with Gasteiger partial charge in [-0.05, 0) is 31.9 Å². The van der Waals surface area contributed by atoms with Gasteiger partial charge < -0.3 is 9.47 Å². The molecule has 5 rings (SSSR count). The van der Waals surface area contributed by atoms with Gasteiger partial charge in [-0.1, -0.05) is 35.9 Å². The standard InChI is InChI=1S/C23H24N4O5S2/c1-15-5-3-6-16(13-15)20-22(25-33-24-20)34(29,30)26-11-9-18(10-12-26)27-21-17(14-32-23(27)28)7-4-8-19(21)31-2/h3-8,13,18H,9-12,14H2,1-2H3. The zero-order valence-corrected chi connectivity index (χ0v) is 20.4. The lowest BCUT2D eigenvalue weighted by Crippen LogP contribution is -2.50. The Labute approximate surface area is 202 Å². The van der Waals surface area contributed by atoms with Gasteiger partial charge in [-0.25, -0.2) is 13.2 Å². The minimum Gasteiger partial charge on any atom is -0.495 e. The summed E-state index contributed by atoms with van der Waals surface area (Å²) in [5.74, 6) is 0.598. The largest absolute Gasteiger partial charge is 0.495 e. The van der Waals surface area contributed by atoms with Gasteiger partial charge in [-0.3, -0.25) is 4.90 Å². The molecule has 1 saturated heterocycles. The number of sulfonamides is 1. The molecule has 178 valence electrons. The average molecular weight is 501 g/mol. The van der Waals surface area contributed by atoms with E-state index in [2.05, 4.69) is 8.75 Å². The predicted octanol–water partition coefficient (Wildman–Crippen LogP) is 3.83. The second-order valence-corrected chi connectivity index (χ2v) is 10.7. The second-order valence-electron chi connectivity index (χ2n) is 8.32. The number of anilines is 1. The van der Waals surface area contributed by atoms with Crippen molar-refractivity contribution in [3.63, 3.8) is 0 Å². The number of ether oxygens (including phenoxy) is 2. The van der Waals surface area contributed by atoms with Crippen LogP contribution in [0.5, 0.6) is 5.75 Å². The lowest BCUT2D eigenvalue weighted by molar-refractivity contribution is 0.135. The molecule has 11 heteroatoms. The summed E-state index contributed by atoms with van der Waals surface area (Å²) in [6.45, 7) is 2.65. The topological polar surface area (TPSA) is 102 Å². The third-order valence-corrected chi connectivity index (χ3v) is 8.68. The van der Waals surface area contributed by atoms with Crippen LogP contribution >= 0.6 is 11.7 Å². The number of benzene rings is 2. The predicted molar refractivity (Wildman–Crippen MR) is 128 cm³/mol. The van der Waals surface area contributed by atoms with Gasteiger partial charge >= 0.3 is 6.09 Å². The minimum atomic E-state index is -3.84. The number of carbonyl (C=O) groups excluding carboxylic acids is 1. The van der Waals surface area contributed by atoms with E-state index >= 15 is 0 Å². The Balaban J connectivity index is 1.38. The highest BCUT2D eigenvalue weighted by Crippen LogP contribution is 2.39. The van der Waals surface area contributed by atoms with Gasteiger partial charge in [0.2, 0.25) is 5.03 Å². The number of carbonyl (C=O) groups is 1. The molecule has 3 heterocycles. The summed E-state index contributed by atoms with van der Waals surface area (Å²) >= 11 is 0.889. The molecule has 0 aliphatic carbocycles. The summed E-state index contributed by atoms with van der Waals surface area (Å²) < 4.78 is 47.7. The zero-order chi connectivity index (χ0) is 23.9. The number of nitrogens with zero attached hydrogens (tertiary/aromatic N) is 4. The van der Waals surface area contributed by atoms with Gasteiger partial charge in [-0.15, -0.1) is 0 Å². The van der Waals surface area contributed by atoms with E-state index < -0.39 is 16.1 Å². The Kier molecular flexibility index (Phi) is 6.00. The van der Waals surface area contributed by atoms with Crippen LogP contribution in [0.25, 0.3) is 11.3 Å². The van der Waals surface area contributed by atoms with Crippen molar-refractivity contribution in [2.45, 2.75) is 37.4 Å². The van der Waals surface area contributed by atoms with Crippen LogP contribution in [-0.2, 0) is 21.4 Å². The van der Waals surface area contributed by atoms with E-state index in [1.165, 1.54) is 4.31 Å². The molecule has 0 bridgehead atoms. The number of methoxy groups -OCH3 is 1. The van der Waals surface area contributed by atoms with E-state index in [1.54, 1.807) is 12.0 Å². The van der Waals surface area contributed by atoms with Crippen molar-refractivity contribution < 1.29 is 22.7 Å². The van der Waals surface area contributed by atoms with E-state index in [9.17, 15) is 13.2 Å². The van der Waals surface area contributed by atoms with Crippen molar-refractivity contribution in [3.05, 3.63) is 53.6 Å². The molecular weight excluding hydrogens is 476 g/mol. The van der Waals surface area contributed by atoms with Crippen molar-refractivity contribution in [3.8, 4) is 17.0 Å². The second kappa shape index (κ2) is 8.97. The first-order chi connectivity index (χ1) is 16.4. The van der Waals surface area contributed by atoms with Crippen LogP contribution in [0.15, 0.2) is 47.5 Å². The fourth-order valence-corrected chi connectivity index (χ4v) is 6.89. The number of piperidine rings is 1. The fraction of sp³-hybridized carbons (Fsp3) is 0.348. The Morgan fingerprint density at radius 1 is 1.12 bits per heavy atom. The third kappa shape index (κ3) is 3.93. The van der Waals surface area contributed by atoms with Crippen molar-refractivity contribution >= 4 is 33.5 Å². The maximum Gasteiger partial charge on any atom is 0.415 e. The number of fused-ring (bicyclic) bond motifs is 1. The highest BCUT2D eigenvalue weighted by atomic mass is 32.2. The van der Waals surface area contributed by atoms with Gasteiger partial charge in [0.15, 0.2) is 0 Å². The molecule has 0 radical (unpaired) electrons. The summed E-state index contributed by atoms with van der Waals surface area (Å²) in [5, 5.41) is -0.0223. The Hall–Kier alpha value is -3.02. The molecule has 0 N–H and O–H groups in total. The average Bonchev–Trinajstić information content (AvgIpc) is 3.35. The van der Waals surface area contributed by atoms with E-state index in [0.717, 1.165) is 28.4 Å². The van der Waals surface area contributed by atoms with Crippen LogP contribution in [0.4, 0.5) is 10.5 Å².